The fraction of sp³-hybridized carbons (Fsp3) is 0.688. The summed E-state index contributed by atoms with van der Waals surface area (Å²) in [7, 11) is -2.59. The van der Waals surface area contributed by atoms with Gasteiger partial charge >= 0.3 is 19.5 Å². The molecule has 1 aromatic rings. The Morgan fingerprint density at radius 3 is 2.90 bits per heavy atom. The summed E-state index contributed by atoms with van der Waals surface area (Å²) in [6, 6.07) is 1.17. The van der Waals surface area contributed by atoms with Crippen molar-refractivity contribution >= 4 is 25.4 Å². The SMILES string of the molecule is COC(=O)CCCCO[P@]1(=O)OC[C@H]2O[C@@H](n3ccc(=O)[nH]c3=O)[C@](C)(Cl)[C@@H]2O1. The minimum absolute atomic E-state index is 0.0499. The molecular formula is C16H22ClN2O9P. The van der Waals surface area contributed by atoms with Crippen LogP contribution in [0.2, 0.25) is 0 Å². The Hall–Kier alpha value is -1.49. The van der Waals surface area contributed by atoms with Crippen LogP contribution in [0.5, 0.6) is 0 Å². The van der Waals surface area contributed by atoms with E-state index in [1.54, 1.807) is 6.92 Å². The largest absolute Gasteiger partial charge is 0.475 e. The lowest BCUT2D eigenvalue weighted by atomic mass is 10.0. The number of ether oxygens (including phenoxy) is 2. The van der Waals surface area contributed by atoms with E-state index in [4.69, 9.17) is 29.9 Å². The van der Waals surface area contributed by atoms with Crippen molar-refractivity contribution in [2.75, 3.05) is 20.3 Å². The van der Waals surface area contributed by atoms with Gasteiger partial charge in [-0.3, -0.25) is 32.7 Å². The normalized spacial score (nSPS) is 34.0. The van der Waals surface area contributed by atoms with Crippen LogP contribution < -0.4 is 11.2 Å². The van der Waals surface area contributed by atoms with Gasteiger partial charge in [0.1, 0.15) is 17.1 Å². The van der Waals surface area contributed by atoms with Crippen LogP contribution >= 0.6 is 19.4 Å². The number of fused-ring (bicyclic) bond motifs is 1. The van der Waals surface area contributed by atoms with Crippen molar-refractivity contribution in [1.82, 2.24) is 9.55 Å². The van der Waals surface area contributed by atoms with Gasteiger partial charge in [-0.05, 0) is 19.8 Å². The van der Waals surface area contributed by atoms with Gasteiger partial charge in [-0.1, -0.05) is 0 Å². The Morgan fingerprint density at radius 1 is 1.45 bits per heavy atom. The summed E-state index contributed by atoms with van der Waals surface area (Å²) in [5, 5.41) is 0. The van der Waals surface area contributed by atoms with Gasteiger partial charge in [-0.15, -0.1) is 11.6 Å². The number of hydrogen-bond acceptors (Lipinski definition) is 9. The first-order valence-electron chi connectivity index (χ1n) is 8.96. The summed E-state index contributed by atoms with van der Waals surface area (Å²) in [4.78, 5) is 35.3. The lowest BCUT2D eigenvalue weighted by molar-refractivity contribution is -0.140. The number of alkyl halides is 1. The van der Waals surface area contributed by atoms with E-state index < -0.39 is 42.4 Å². The molecule has 0 unspecified atom stereocenters. The van der Waals surface area contributed by atoms with E-state index in [2.05, 4.69) is 9.72 Å². The van der Waals surface area contributed by atoms with Crippen LogP contribution in [0.1, 0.15) is 32.4 Å². The molecule has 3 rings (SSSR count). The number of H-pyrrole nitrogens is 1. The van der Waals surface area contributed by atoms with Crippen LogP contribution in [0.25, 0.3) is 0 Å². The Morgan fingerprint density at radius 2 is 2.21 bits per heavy atom. The van der Waals surface area contributed by atoms with Crippen LogP contribution in [0.15, 0.2) is 21.9 Å². The molecule has 0 amide bonds. The Labute approximate surface area is 170 Å². The van der Waals surface area contributed by atoms with E-state index >= 15 is 0 Å². The van der Waals surface area contributed by atoms with Crippen molar-refractivity contribution in [3.8, 4) is 0 Å². The average molecular weight is 453 g/mol. The van der Waals surface area contributed by atoms with Gasteiger partial charge < -0.3 is 9.47 Å². The van der Waals surface area contributed by atoms with Crippen molar-refractivity contribution < 1.29 is 32.4 Å². The van der Waals surface area contributed by atoms with Crippen molar-refractivity contribution in [1.29, 1.82) is 0 Å². The number of carbonyl (C=O) groups is 1. The number of phosphoric ester groups is 1. The summed E-state index contributed by atoms with van der Waals surface area (Å²) >= 11 is 6.63. The molecule has 2 fully saturated rings. The van der Waals surface area contributed by atoms with Gasteiger partial charge in [0, 0.05) is 18.7 Å². The first-order valence-corrected chi connectivity index (χ1v) is 10.8. The molecule has 0 radical (unpaired) electrons. The highest BCUT2D eigenvalue weighted by molar-refractivity contribution is 7.48. The van der Waals surface area contributed by atoms with Gasteiger partial charge in [0.05, 0.1) is 20.3 Å². The van der Waals surface area contributed by atoms with Crippen molar-refractivity contribution in [2.24, 2.45) is 0 Å². The molecule has 0 saturated carbocycles. The summed E-state index contributed by atoms with van der Waals surface area (Å²) in [5.41, 5.74) is -1.25. The summed E-state index contributed by atoms with van der Waals surface area (Å²) in [6.07, 6.45) is -0.134. The molecule has 0 bridgehead atoms. The number of rotatable bonds is 7. The number of halogens is 1. The maximum atomic E-state index is 12.8. The minimum atomic E-state index is -3.90. The first-order chi connectivity index (χ1) is 13.7. The Balaban J connectivity index is 1.65. The monoisotopic (exact) mass is 452 g/mol. The number of nitrogens with zero attached hydrogens (tertiary/aromatic N) is 1. The molecule has 0 spiro atoms. The topological polar surface area (TPSA) is 135 Å². The third-order valence-electron chi connectivity index (χ3n) is 4.68. The average Bonchev–Trinajstić information content (AvgIpc) is 2.91. The van der Waals surface area contributed by atoms with Crippen LogP contribution in [-0.4, -0.2) is 52.9 Å². The zero-order chi connectivity index (χ0) is 21.2. The number of methoxy groups -OCH3 is 1. The molecule has 3 heterocycles. The van der Waals surface area contributed by atoms with Gasteiger partial charge in [0.15, 0.2) is 6.23 Å². The zero-order valence-corrected chi connectivity index (χ0v) is 17.5. The standard InChI is InChI=1S/C16H22ClN2O9P/c1-16(17)13-10(27-14(16)19-7-6-11(20)18-15(19)22)9-26-29(23,28-13)25-8-4-3-5-12(21)24-2/h6-7,10,13-14H,3-5,8-9H2,1-2H3,(H,18,20,22)/t10-,13-,14-,16-,29-/m1/s1. The van der Waals surface area contributed by atoms with E-state index in [9.17, 15) is 18.9 Å². The minimum Gasteiger partial charge on any atom is -0.469 e. The molecular weight excluding hydrogens is 431 g/mol. The van der Waals surface area contributed by atoms with E-state index in [0.29, 0.717) is 12.8 Å². The molecule has 1 aromatic heterocycles. The predicted octanol–water partition coefficient (Wildman–Crippen LogP) is 1.31. The van der Waals surface area contributed by atoms with Crippen LogP contribution in [0.4, 0.5) is 0 Å². The molecule has 5 atom stereocenters. The third-order valence-corrected chi connectivity index (χ3v) is 6.53. The molecule has 29 heavy (non-hydrogen) atoms. The quantitative estimate of drug-likeness (QED) is 0.281. The number of aromatic nitrogens is 2. The highest BCUT2D eigenvalue weighted by atomic mass is 35.5. The van der Waals surface area contributed by atoms with Gasteiger partial charge in [0.25, 0.3) is 5.56 Å². The lowest BCUT2D eigenvalue weighted by Gasteiger charge is -2.34. The van der Waals surface area contributed by atoms with Crippen LogP contribution in [0.3, 0.4) is 0 Å². The molecule has 13 heteroatoms. The number of aromatic amines is 1. The van der Waals surface area contributed by atoms with Crippen molar-refractivity contribution in [3.63, 3.8) is 0 Å². The van der Waals surface area contributed by atoms with Gasteiger partial charge in [-0.25, -0.2) is 9.36 Å². The second-order valence-corrected chi connectivity index (χ2v) is 9.27. The van der Waals surface area contributed by atoms with Crippen molar-refractivity contribution in [3.05, 3.63) is 33.1 Å². The number of hydrogen-bond donors (Lipinski definition) is 1. The predicted molar refractivity (Wildman–Crippen MR) is 99.7 cm³/mol. The summed E-state index contributed by atoms with van der Waals surface area (Å²) in [5.74, 6) is -0.339. The van der Waals surface area contributed by atoms with Crippen molar-refractivity contribution in [2.45, 2.75) is 49.5 Å². The molecule has 11 nitrogen and oxygen atoms in total. The molecule has 2 aliphatic rings. The van der Waals surface area contributed by atoms with E-state index in [1.165, 1.54) is 19.4 Å². The fourth-order valence-corrected chi connectivity index (χ4v) is 5.09. The van der Waals surface area contributed by atoms with Gasteiger partial charge in [0.2, 0.25) is 0 Å². The number of carbonyl (C=O) groups excluding carboxylic acids is 1. The highest BCUT2D eigenvalue weighted by Crippen LogP contribution is 2.59. The summed E-state index contributed by atoms with van der Waals surface area (Å²) in [6.45, 7) is 1.52. The number of esters is 1. The first kappa shape index (κ1) is 22.2. The molecule has 0 aromatic carbocycles. The van der Waals surface area contributed by atoms with E-state index in [-0.39, 0.29) is 25.6 Å². The maximum Gasteiger partial charge on any atom is 0.475 e. The number of unbranched alkanes of at least 4 members (excludes halogenated alkanes) is 1. The highest BCUT2D eigenvalue weighted by Gasteiger charge is 2.60. The Kier molecular flexibility index (Phi) is 6.67. The molecule has 0 aliphatic carbocycles. The number of nitrogens with one attached hydrogen (secondary N) is 1. The molecule has 2 saturated heterocycles. The molecule has 162 valence electrons. The number of phosphoric acid groups is 1. The third kappa shape index (κ3) is 4.82. The lowest BCUT2D eigenvalue weighted by Crippen LogP contribution is -2.45. The maximum absolute atomic E-state index is 12.8. The zero-order valence-electron chi connectivity index (χ0n) is 15.9. The molecule has 2 aliphatic heterocycles. The van der Waals surface area contributed by atoms with E-state index in [1.807, 2.05) is 0 Å². The summed E-state index contributed by atoms with van der Waals surface area (Å²) < 4.78 is 40.3. The Bertz CT molecular complexity index is 914. The smallest absolute Gasteiger partial charge is 0.469 e. The second-order valence-electron chi connectivity index (χ2n) is 6.83. The van der Waals surface area contributed by atoms with Crippen LogP contribution in [-0.2, 0) is 32.4 Å². The fourth-order valence-electron chi connectivity index (χ4n) is 3.17. The second kappa shape index (κ2) is 8.71. The van der Waals surface area contributed by atoms with E-state index in [0.717, 1.165) is 4.57 Å². The van der Waals surface area contributed by atoms with Crippen LogP contribution in [0, 0.1) is 0 Å². The van der Waals surface area contributed by atoms with Gasteiger partial charge in [-0.2, -0.15) is 0 Å². The molecule has 1 N–H and O–H groups in total.